The van der Waals surface area contributed by atoms with E-state index in [1.54, 1.807) is 42.6 Å². The number of nitrogen functional groups attached to an aromatic ring is 1. The van der Waals surface area contributed by atoms with Gasteiger partial charge in [-0.25, -0.2) is 9.37 Å². The topological polar surface area (TPSA) is 59.1 Å². The molecule has 0 aliphatic carbocycles. The molecule has 0 saturated carbocycles. The number of hydrogen-bond acceptors (Lipinski definition) is 3. The van der Waals surface area contributed by atoms with Gasteiger partial charge in [0.2, 0.25) is 0 Å². The molecule has 0 aliphatic rings. The normalized spacial score (nSPS) is 12.5. The summed E-state index contributed by atoms with van der Waals surface area (Å²) in [5.74, 6) is -0.0379. The van der Waals surface area contributed by atoms with Gasteiger partial charge in [0.25, 0.3) is 0 Å². The lowest BCUT2D eigenvalue weighted by atomic mass is 9.96. The third-order valence-corrected chi connectivity index (χ3v) is 3.37. The Bertz CT molecular complexity index is 773. The van der Waals surface area contributed by atoms with Crippen LogP contribution in [-0.2, 0) is 0 Å². The van der Waals surface area contributed by atoms with Crippen LogP contribution in [0.15, 0.2) is 54.7 Å². The molecule has 0 bridgehead atoms. The lowest BCUT2D eigenvalue weighted by molar-refractivity contribution is 0.222. The highest BCUT2D eigenvalue weighted by atomic mass is 19.1. The Morgan fingerprint density at radius 1 is 0.950 bits per heavy atom. The zero-order valence-electron chi connectivity index (χ0n) is 10.6. The van der Waals surface area contributed by atoms with E-state index in [9.17, 15) is 9.50 Å². The molecule has 3 rings (SSSR count). The van der Waals surface area contributed by atoms with Gasteiger partial charge in [-0.15, -0.1) is 0 Å². The molecule has 1 heterocycles. The molecule has 1 atom stereocenters. The number of hydrogen-bond donors (Lipinski definition) is 2. The van der Waals surface area contributed by atoms with Crippen molar-refractivity contribution >= 4 is 16.6 Å². The fourth-order valence-corrected chi connectivity index (χ4v) is 2.35. The van der Waals surface area contributed by atoms with Gasteiger partial charge in [-0.1, -0.05) is 36.4 Å². The minimum absolute atomic E-state index is 0.272. The Labute approximate surface area is 115 Å². The standard InChI is InChI=1S/C16H13FN2O/c17-14-8-7-12(10-4-1-2-5-11(10)14)15(20)13-6-3-9-19-16(13)18/h1-9,15,20H,(H2,18,19). The van der Waals surface area contributed by atoms with Crippen molar-refractivity contribution in [3.63, 3.8) is 0 Å². The minimum Gasteiger partial charge on any atom is -0.383 e. The third kappa shape index (κ3) is 2.00. The number of pyridine rings is 1. The zero-order chi connectivity index (χ0) is 14.1. The summed E-state index contributed by atoms with van der Waals surface area (Å²) in [4.78, 5) is 3.97. The number of fused-ring (bicyclic) bond motifs is 1. The summed E-state index contributed by atoms with van der Waals surface area (Å²) in [6.07, 6.45) is 0.628. The van der Waals surface area contributed by atoms with Gasteiger partial charge < -0.3 is 10.8 Å². The largest absolute Gasteiger partial charge is 0.383 e. The summed E-state index contributed by atoms with van der Waals surface area (Å²) in [5.41, 5.74) is 6.92. The van der Waals surface area contributed by atoms with Crippen LogP contribution in [0.3, 0.4) is 0 Å². The molecule has 0 radical (unpaired) electrons. The number of aliphatic hydroxyl groups excluding tert-OH is 1. The molecule has 0 spiro atoms. The molecule has 3 N–H and O–H groups in total. The van der Waals surface area contributed by atoms with Crippen LogP contribution in [0.25, 0.3) is 10.8 Å². The van der Waals surface area contributed by atoms with E-state index in [0.717, 1.165) is 0 Å². The van der Waals surface area contributed by atoms with E-state index in [1.165, 1.54) is 6.07 Å². The van der Waals surface area contributed by atoms with Crippen molar-refractivity contribution in [3.8, 4) is 0 Å². The molecule has 1 aromatic heterocycles. The van der Waals surface area contributed by atoms with Gasteiger partial charge in [0.1, 0.15) is 17.7 Å². The summed E-state index contributed by atoms with van der Waals surface area (Å²) >= 11 is 0. The zero-order valence-corrected chi connectivity index (χ0v) is 10.6. The number of aromatic nitrogens is 1. The van der Waals surface area contributed by atoms with Crippen LogP contribution in [-0.4, -0.2) is 10.1 Å². The summed E-state index contributed by atoms with van der Waals surface area (Å²) < 4.78 is 13.8. The molecular formula is C16H13FN2O. The average Bonchev–Trinajstić information content (AvgIpc) is 2.48. The minimum atomic E-state index is -0.936. The van der Waals surface area contributed by atoms with Crippen molar-refractivity contribution in [2.24, 2.45) is 0 Å². The van der Waals surface area contributed by atoms with Crippen LogP contribution < -0.4 is 5.73 Å². The Morgan fingerprint density at radius 3 is 2.45 bits per heavy atom. The third-order valence-electron chi connectivity index (χ3n) is 3.37. The van der Waals surface area contributed by atoms with E-state index in [-0.39, 0.29) is 11.6 Å². The number of benzene rings is 2. The summed E-state index contributed by atoms with van der Waals surface area (Å²) in [6.45, 7) is 0. The molecule has 0 amide bonds. The first-order valence-corrected chi connectivity index (χ1v) is 6.24. The average molecular weight is 268 g/mol. The van der Waals surface area contributed by atoms with Gasteiger partial charge in [0.05, 0.1) is 0 Å². The molecule has 0 aliphatic heterocycles. The Hall–Kier alpha value is -2.46. The van der Waals surface area contributed by atoms with Gasteiger partial charge >= 0.3 is 0 Å². The van der Waals surface area contributed by atoms with E-state index < -0.39 is 6.10 Å². The first-order valence-electron chi connectivity index (χ1n) is 6.24. The van der Waals surface area contributed by atoms with E-state index in [4.69, 9.17) is 5.73 Å². The molecular weight excluding hydrogens is 255 g/mol. The monoisotopic (exact) mass is 268 g/mol. The second kappa shape index (κ2) is 4.90. The van der Waals surface area contributed by atoms with Gasteiger partial charge in [-0.3, -0.25) is 0 Å². The fourth-order valence-electron chi connectivity index (χ4n) is 2.35. The van der Waals surface area contributed by atoms with Crippen LogP contribution in [0.5, 0.6) is 0 Å². The van der Waals surface area contributed by atoms with Crippen molar-refractivity contribution < 1.29 is 9.50 Å². The second-order valence-electron chi connectivity index (χ2n) is 4.56. The van der Waals surface area contributed by atoms with Crippen LogP contribution in [0, 0.1) is 5.82 Å². The molecule has 4 heteroatoms. The maximum Gasteiger partial charge on any atom is 0.131 e. The molecule has 20 heavy (non-hydrogen) atoms. The Balaban J connectivity index is 2.20. The molecule has 2 aromatic carbocycles. The van der Waals surface area contributed by atoms with Gasteiger partial charge in [0.15, 0.2) is 0 Å². The van der Waals surface area contributed by atoms with E-state index >= 15 is 0 Å². The number of halogens is 1. The number of anilines is 1. The van der Waals surface area contributed by atoms with Gasteiger partial charge in [-0.2, -0.15) is 0 Å². The number of rotatable bonds is 2. The van der Waals surface area contributed by atoms with Gasteiger partial charge in [0, 0.05) is 17.1 Å². The smallest absolute Gasteiger partial charge is 0.131 e. The summed E-state index contributed by atoms with van der Waals surface area (Å²) in [7, 11) is 0. The number of nitrogens with two attached hydrogens (primary N) is 1. The highest BCUT2D eigenvalue weighted by Gasteiger charge is 2.17. The molecule has 0 saturated heterocycles. The van der Waals surface area contributed by atoms with Crippen molar-refractivity contribution in [2.45, 2.75) is 6.10 Å². The van der Waals surface area contributed by atoms with Crippen molar-refractivity contribution in [3.05, 3.63) is 71.7 Å². The number of nitrogens with zero attached hydrogens (tertiary/aromatic N) is 1. The van der Waals surface area contributed by atoms with E-state index in [0.29, 0.717) is 21.9 Å². The summed E-state index contributed by atoms with van der Waals surface area (Å²) in [5, 5.41) is 11.7. The van der Waals surface area contributed by atoms with Crippen molar-refractivity contribution in [1.29, 1.82) is 0 Å². The first-order chi connectivity index (χ1) is 9.68. The van der Waals surface area contributed by atoms with Gasteiger partial charge in [-0.05, 0) is 23.1 Å². The molecule has 0 fully saturated rings. The Morgan fingerprint density at radius 2 is 1.70 bits per heavy atom. The molecule has 1 unspecified atom stereocenters. The van der Waals surface area contributed by atoms with E-state index in [2.05, 4.69) is 4.98 Å². The number of aliphatic hydroxyl groups is 1. The highest BCUT2D eigenvalue weighted by Crippen LogP contribution is 2.31. The van der Waals surface area contributed by atoms with Crippen molar-refractivity contribution in [1.82, 2.24) is 4.98 Å². The van der Waals surface area contributed by atoms with Crippen LogP contribution in [0.4, 0.5) is 10.2 Å². The summed E-state index contributed by atoms with van der Waals surface area (Å²) in [6, 6.07) is 13.4. The SMILES string of the molecule is Nc1ncccc1C(O)c1ccc(F)c2ccccc12. The maximum atomic E-state index is 13.8. The fraction of sp³-hybridized carbons (Fsp3) is 0.0625. The predicted octanol–water partition coefficient (Wildman–Crippen LogP) is 3.04. The predicted molar refractivity (Wildman–Crippen MR) is 76.6 cm³/mol. The van der Waals surface area contributed by atoms with E-state index in [1.807, 2.05) is 6.07 Å². The molecule has 3 aromatic rings. The van der Waals surface area contributed by atoms with Crippen LogP contribution >= 0.6 is 0 Å². The second-order valence-corrected chi connectivity index (χ2v) is 4.56. The quantitative estimate of drug-likeness (QED) is 0.751. The molecule has 100 valence electrons. The van der Waals surface area contributed by atoms with Crippen molar-refractivity contribution in [2.75, 3.05) is 5.73 Å². The van der Waals surface area contributed by atoms with Crippen LogP contribution in [0.1, 0.15) is 17.2 Å². The highest BCUT2D eigenvalue weighted by molar-refractivity contribution is 5.87. The maximum absolute atomic E-state index is 13.8. The molecule has 3 nitrogen and oxygen atoms in total. The Kier molecular flexibility index (Phi) is 3.08. The van der Waals surface area contributed by atoms with Crippen LogP contribution in [0.2, 0.25) is 0 Å². The lowest BCUT2D eigenvalue weighted by Crippen LogP contribution is -2.06. The first kappa shape index (κ1) is 12.6. The lowest BCUT2D eigenvalue weighted by Gasteiger charge is -2.15.